The van der Waals surface area contributed by atoms with Gasteiger partial charge in [-0.2, -0.15) is 0 Å². The summed E-state index contributed by atoms with van der Waals surface area (Å²) in [6.07, 6.45) is 4.09. The van der Waals surface area contributed by atoms with Crippen molar-refractivity contribution in [2.24, 2.45) is 0 Å². The van der Waals surface area contributed by atoms with Gasteiger partial charge in [-0.3, -0.25) is 0 Å². The molecule has 0 heteroatoms. The highest BCUT2D eigenvalue weighted by Gasteiger charge is 2.52. The first-order valence-corrected chi connectivity index (χ1v) is 19.4. The van der Waals surface area contributed by atoms with Crippen LogP contribution in [0.5, 0.6) is 0 Å². The Morgan fingerprint density at radius 2 is 0.679 bits per heavy atom. The molecule has 242 valence electrons. The lowest BCUT2D eigenvalue weighted by Gasteiger charge is -2.31. The van der Waals surface area contributed by atoms with Crippen molar-refractivity contribution in [1.29, 1.82) is 0 Å². The number of rotatable bonds is 1. The summed E-state index contributed by atoms with van der Waals surface area (Å²) in [6.45, 7) is 0. The summed E-state index contributed by atoms with van der Waals surface area (Å²) in [5.41, 5.74) is 38.1. The first-order chi connectivity index (χ1) is 26.3. The summed E-state index contributed by atoms with van der Waals surface area (Å²) in [5, 5.41) is 0. The highest BCUT2D eigenvalue weighted by atomic mass is 14.5. The average molecular weight is 667 g/mol. The topological polar surface area (TPSA) is 0 Å². The molecule has 8 aromatic carbocycles. The zero-order valence-corrected chi connectivity index (χ0v) is 29.0. The zero-order valence-electron chi connectivity index (χ0n) is 29.0. The van der Waals surface area contributed by atoms with Crippen LogP contribution >= 0.6 is 0 Å². The monoisotopic (exact) mass is 666 g/mol. The lowest BCUT2D eigenvalue weighted by molar-refractivity contribution is 0.794. The van der Waals surface area contributed by atoms with E-state index in [1.54, 1.807) is 44.5 Å². The van der Waals surface area contributed by atoms with Crippen LogP contribution in [-0.2, 0) is 31.1 Å². The van der Waals surface area contributed by atoms with E-state index in [-0.39, 0.29) is 5.41 Å². The van der Waals surface area contributed by atoms with E-state index in [0.717, 1.165) is 25.7 Å². The number of fused-ring (bicyclic) bond motifs is 10. The minimum absolute atomic E-state index is 0.339. The molecule has 0 atom stereocenters. The molecule has 0 unspecified atom stereocenters. The van der Waals surface area contributed by atoms with Gasteiger partial charge in [-0.05, 0) is 182 Å². The van der Waals surface area contributed by atoms with Crippen LogP contribution in [0.15, 0.2) is 133 Å². The summed E-state index contributed by atoms with van der Waals surface area (Å²) < 4.78 is 0. The lowest BCUT2D eigenvalue weighted by Crippen LogP contribution is -2.25. The van der Waals surface area contributed by atoms with Gasteiger partial charge in [0, 0.05) is 0 Å². The fourth-order valence-corrected chi connectivity index (χ4v) is 12.7. The third kappa shape index (κ3) is 2.74. The molecule has 0 aliphatic heterocycles. The molecule has 0 nitrogen and oxygen atoms in total. The van der Waals surface area contributed by atoms with E-state index in [1.807, 2.05) is 0 Å². The number of hydrogen-bond donors (Lipinski definition) is 0. The summed E-state index contributed by atoms with van der Waals surface area (Å²) in [5.74, 6) is 0. The lowest BCUT2D eigenvalue weighted by atomic mass is 9.70. The van der Waals surface area contributed by atoms with Gasteiger partial charge in [0.25, 0.3) is 0 Å². The van der Waals surface area contributed by atoms with Crippen LogP contribution in [0.4, 0.5) is 0 Å². The van der Waals surface area contributed by atoms with E-state index >= 15 is 0 Å². The quantitative estimate of drug-likeness (QED) is 0.164. The summed E-state index contributed by atoms with van der Waals surface area (Å²) in [4.78, 5) is 0. The standard InChI is InChI=1S/C53H30/c1-4-10-41-35(7-1)36-8-2-5-11-42(36)53(41)43-12-6-3-9-37(43)38-20-19-27(26-44(38)53)39-25-34-23-32-16-15-30-21-28-13-14-29-22-31-17-18-33-24-40(39)52-50(33)48(31)46(29)45(28)47(30)49(32)51(34)52/h1-20,25-26H,21-24H2. The molecule has 0 amide bonds. The van der Waals surface area contributed by atoms with E-state index in [9.17, 15) is 0 Å². The summed E-state index contributed by atoms with van der Waals surface area (Å²) in [6, 6.07) is 52.4. The molecule has 7 aliphatic rings. The Labute approximate surface area is 308 Å². The van der Waals surface area contributed by atoms with Crippen LogP contribution in [0.2, 0.25) is 0 Å². The first-order valence-electron chi connectivity index (χ1n) is 19.4. The van der Waals surface area contributed by atoms with Crippen LogP contribution in [0, 0.1) is 0 Å². The van der Waals surface area contributed by atoms with Crippen molar-refractivity contribution < 1.29 is 0 Å². The molecule has 8 aromatic rings. The molecule has 0 heterocycles. The van der Waals surface area contributed by atoms with E-state index in [0.29, 0.717) is 0 Å². The zero-order chi connectivity index (χ0) is 33.9. The SMILES string of the molecule is c1ccc2c(c1)-c1ccccc1C21c2ccccc2-c2ccc(-c3cc4c5c6c3Cc3ccc7c(c3-6)-c3c(ccc6c3-c3c(ccc(c3-5)C4)C6)C7)cc21. The molecule has 0 fully saturated rings. The maximum atomic E-state index is 2.62. The van der Waals surface area contributed by atoms with Crippen LogP contribution in [0.3, 0.4) is 0 Å². The molecule has 0 saturated carbocycles. The van der Waals surface area contributed by atoms with E-state index in [4.69, 9.17) is 0 Å². The van der Waals surface area contributed by atoms with Gasteiger partial charge in [0.1, 0.15) is 0 Å². The molecule has 1 spiro atoms. The molecule has 0 aromatic heterocycles. The smallest absolute Gasteiger partial charge is 0.0619 e. The van der Waals surface area contributed by atoms with Gasteiger partial charge >= 0.3 is 0 Å². The van der Waals surface area contributed by atoms with E-state index in [1.165, 1.54) is 100 Å². The van der Waals surface area contributed by atoms with E-state index < -0.39 is 0 Å². The van der Waals surface area contributed by atoms with Crippen LogP contribution in [0.1, 0.15) is 66.8 Å². The fourth-order valence-electron chi connectivity index (χ4n) is 12.7. The van der Waals surface area contributed by atoms with Gasteiger partial charge in [-0.15, -0.1) is 0 Å². The van der Waals surface area contributed by atoms with Crippen LogP contribution in [-0.4, -0.2) is 0 Å². The van der Waals surface area contributed by atoms with Crippen molar-refractivity contribution in [1.82, 2.24) is 0 Å². The van der Waals surface area contributed by atoms with Gasteiger partial charge in [-0.1, -0.05) is 121 Å². The second-order valence-corrected chi connectivity index (χ2v) is 16.6. The van der Waals surface area contributed by atoms with Crippen molar-refractivity contribution in [3.05, 3.63) is 200 Å². The average Bonchev–Trinajstić information content (AvgIpc) is 4.03. The summed E-state index contributed by atoms with van der Waals surface area (Å²) in [7, 11) is 0. The second-order valence-electron chi connectivity index (χ2n) is 16.6. The number of benzene rings is 8. The molecule has 0 saturated heterocycles. The van der Waals surface area contributed by atoms with Crippen molar-refractivity contribution in [3.8, 4) is 77.9 Å². The Bertz CT molecular complexity index is 3100. The summed E-state index contributed by atoms with van der Waals surface area (Å²) >= 11 is 0. The molecule has 0 N–H and O–H groups in total. The first kappa shape index (κ1) is 26.5. The van der Waals surface area contributed by atoms with Crippen LogP contribution < -0.4 is 0 Å². The Hall–Kier alpha value is -6.24. The predicted molar refractivity (Wildman–Crippen MR) is 215 cm³/mol. The molecular formula is C53H30. The minimum Gasteiger partial charge on any atom is -0.0619 e. The molecule has 53 heavy (non-hydrogen) atoms. The van der Waals surface area contributed by atoms with Gasteiger partial charge in [0.15, 0.2) is 0 Å². The Balaban J connectivity index is 1.05. The van der Waals surface area contributed by atoms with E-state index in [2.05, 4.69) is 133 Å². The third-order valence-corrected chi connectivity index (χ3v) is 14.5. The van der Waals surface area contributed by atoms with Crippen molar-refractivity contribution >= 4 is 0 Å². The Morgan fingerprint density at radius 1 is 0.283 bits per heavy atom. The third-order valence-electron chi connectivity index (χ3n) is 14.5. The maximum Gasteiger partial charge on any atom is 0.0725 e. The van der Waals surface area contributed by atoms with Gasteiger partial charge in [-0.25, -0.2) is 0 Å². The Kier molecular flexibility index (Phi) is 4.26. The highest BCUT2D eigenvalue weighted by molar-refractivity contribution is 6.14. The van der Waals surface area contributed by atoms with Gasteiger partial charge in [0.05, 0.1) is 5.41 Å². The van der Waals surface area contributed by atoms with Crippen molar-refractivity contribution in [2.75, 3.05) is 0 Å². The molecule has 7 aliphatic carbocycles. The van der Waals surface area contributed by atoms with Crippen molar-refractivity contribution in [3.63, 3.8) is 0 Å². The number of hydrogen-bond acceptors (Lipinski definition) is 0. The largest absolute Gasteiger partial charge is 0.0725 e. The fraction of sp³-hybridized carbons (Fsp3) is 0.0943. The highest BCUT2D eigenvalue weighted by Crippen LogP contribution is 2.66. The van der Waals surface area contributed by atoms with Crippen LogP contribution in [0.25, 0.3) is 77.9 Å². The molecular weight excluding hydrogens is 637 g/mol. The Morgan fingerprint density at radius 3 is 1.19 bits per heavy atom. The van der Waals surface area contributed by atoms with Gasteiger partial charge in [0.2, 0.25) is 0 Å². The maximum absolute atomic E-state index is 2.62. The van der Waals surface area contributed by atoms with Gasteiger partial charge < -0.3 is 0 Å². The predicted octanol–water partition coefficient (Wildman–Crippen LogP) is 12.3. The van der Waals surface area contributed by atoms with Crippen molar-refractivity contribution in [2.45, 2.75) is 31.1 Å². The minimum atomic E-state index is -0.339. The second kappa shape index (κ2) is 8.52. The molecule has 15 rings (SSSR count). The molecule has 0 radical (unpaired) electrons. The normalized spacial score (nSPS) is 15.8. The molecule has 0 bridgehead atoms.